The van der Waals surface area contributed by atoms with Crippen molar-refractivity contribution in [3.05, 3.63) is 41.5 Å². The second-order valence-electron chi connectivity index (χ2n) is 3.49. The van der Waals surface area contributed by atoms with Gasteiger partial charge in [0, 0.05) is 0 Å². The first-order chi connectivity index (χ1) is 5.65. The van der Waals surface area contributed by atoms with E-state index in [0.29, 0.717) is 5.92 Å². The van der Waals surface area contributed by atoms with Gasteiger partial charge in [0.1, 0.15) is 0 Å². The second-order valence-corrected chi connectivity index (χ2v) is 3.49. The van der Waals surface area contributed by atoms with Crippen molar-refractivity contribution < 1.29 is 0 Å². The fourth-order valence-corrected chi connectivity index (χ4v) is 1.40. The van der Waals surface area contributed by atoms with E-state index in [1.165, 1.54) is 16.7 Å². The Labute approximate surface area is 74.9 Å². The molecule has 0 heterocycles. The average molecular weight is 160 g/mol. The third-order valence-electron chi connectivity index (χ3n) is 2.08. The molecule has 1 aromatic rings. The van der Waals surface area contributed by atoms with Crippen molar-refractivity contribution in [1.29, 1.82) is 0 Å². The zero-order chi connectivity index (χ0) is 9.14. The van der Waals surface area contributed by atoms with E-state index in [1.54, 1.807) is 0 Å². The van der Waals surface area contributed by atoms with Gasteiger partial charge < -0.3 is 0 Å². The number of rotatable bonds is 2. The normalized spacial score (nSPS) is 10.3. The Bertz CT molecular complexity index is 282. The molecule has 0 amide bonds. The molecule has 0 saturated heterocycles. The van der Waals surface area contributed by atoms with Gasteiger partial charge in [0.05, 0.1) is 0 Å². The van der Waals surface area contributed by atoms with Gasteiger partial charge in [0.2, 0.25) is 0 Å². The van der Waals surface area contributed by atoms with E-state index in [4.69, 9.17) is 0 Å². The van der Waals surface area contributed by atoms with Gasteiger partial charge in [-0.05, 0) is 24.0 Å². The van der Waals surface area contributed by atoms with Crippen molar-refractivity contribution in [2.75, 3.05) is 0 Å². The van der Waals surface area contributed by atoms with Crippen LogP contribution in [0.3, 0.4) is 0 Å². The Morgan fingerprint density at radius 3 is 2.50 bits per heavy atom. The zero-order valence-corrected chi connectivity index (χ0v) is 8.09. The monoisotopic (exact) mass is 160 g/mol. The summed E-state index contributed by atoms with van der Waals surface area (Å²) in [4.78, 5) is 0. The van der Waals surface area contributed by atoms with Crippen molar-refractivity contribution in [2.24, 2.45) is 0 Å². The van der Waals surface area contributed by atoms with Crippen LogP contribution in [0.2, 0.25) is 0 Å². The van der Waals surface area contributed by atoms with E-state index < -0.39 is 0 Å². The number of hydrogen-bond donors (Lipinski definition) is 0. The van der Waals surface area contributed by atoms with Crippen molar-refractivity contribution in [3.8, 4) is 0 Å². The molecule has 0 bridgehead atoms. The van der Waals surface area contributed by atoms with Gasteiger partial charge in [-0.1, -0.05) is 50.3 Å². The molecule has 64 valence electrons. The summed E-state index contributed by atoms with van der Waals surface area (Å²) in [7, 11) is 0. The topological polar surface area (TPSA) is 0 Å². The summed E-state index contributed by atoms with van der Waals surface area (Å²) in [6.07, 6.45) is 1.93. The highest BCUT2D eigenvalue weighted by atomic mass is 14.1. The third-order valence-corrected chi connectivity index (χ3v) is 2.08. The van der Waals surface area contributed by atoms with Crippen molar-refractivity contribution in [3.63, 3.8) is 0 Å². The van der Waals surface area contributed by atoms with Crippen molar-refractivity contribution in [1.82, 2.24) is 0 Å². The molecule has 0 unspecified atom stereocenters. The Balaban J connectivity index is 3.20. The minimum absolute atomic E-state index is 0.582. The van der Waals surface area contributed by atoms with Crippen molar-refractivity contribution >= 4 is 6.08 Å². The molecule has 0 aliphatic heterocycles. The van der Waals surface area contributed by atoms with Gasteiger partial charge in [-0.2, -0.15) is 0 Å². The fourth-order valence-electron chi connectivity index (χ4n) is 1.40. The molecule has 12 heavy (non-hydrogen) atoms. The Hall–Kier alpha value is -1.04. The van der Waals surface area contributed by atoms with Crippen LogP contribution in [0.4, 0.5) is 0 Å². The molecule has 1 rings (SSSR count). The van der Waals surface area contributed by atoms with E-state index in [0.717, 1.165) is 0 Å². The highest BCUT2D eigenvalue weighted by Gasteiger charge is 2.02. The number of aryl methyl sites for hydroxylation is 1. The molecule has 0 aromatic heterocycles. The van der Waals surface area contributed by atoms with Crippen LogP contribution < -0.4 is 0 Å². The molecule has 0 spiro atoms. The lowest BCUT2D eigenvalue weighted by Crippen LogP contribution is -1.91. The largest absolute Gasteiger partial charge is 0.0985 e. The summed E-state index contributed by atoms with van der Waals surface area (Å²) < 4.78 is 0. The van der Waals surface area contributed by atoms with E-state index >= 15 is 0 Å². The number of benzene rings is 1. The van der Waals surface area contributed by atoms with Crippen LogP contribution in [0.5, 0.6) is 0 Å². The first kappa shape index (κ1) is 9.05. The van der Waals surface area contributed by atoms with Gasteiger partial charge >= 0.3 is 0 Å². The van der Waals surface area contributed by atoms with Gasteiger partial charge in [0.25, 0.3) is 0 Å². The second kappa shape index (κ2) is 3.57. The van der Waals surface area contributed by atoms with Gasteiger partial charge in [0.15, 0.2) is 0 Å². The fraction of sp³-hybridized carbons (Fsp3) is 0.333. The average Bonchev–Trinajstić information content (AvgIpc) is 2.03. The molecular formula is C12H16. The number of hydrogen-bond acceptors (Lipinski definition) is 0. The summed E-state index contributed by atoms with van der Waals surface area (Å²) in [5.41, 5.74) is 3.95. The van der Waals surface area contributed by atoms with Crippen LogP contribution in [0, 0.1) is 6.92 Å². The molecule has 0 atom stereocenters. The minimum Gasteiger partial charge on any atom is -0.0985 e. The lowest BCUT2D eigenvalue weighted by atomic mass is 9.96. The summed E-state index contributed by atoms with van der Waals surface area (Å²) in [6, 6.07) is 6.53. The van der Waals surface area contributed by atoms with Gasteiger partial charge in [-0.15, -0.1) is 0 Å². The molecule has 0 heteroatoms. The highest BCUT2D eigenvalue weighted by molar-refractivity contribution is 5.54. The van der Waals surface area contributed by atoms with Crippen LogP contribution in [-0.4, -0.2) is 0 Å². The smallest absolute Gasteiger partial charge is 0.0213 e. The van der Waals surface area contributed by atoms with Crippen LogP contribution in [0.15, 0.2) is 24.8 Å². The van der Waals surface area contributed by atoms with Crippen LogP contribution >= 0.6 is 0 Å². The third kappa shape index (κ3) is 1.76. The Morgan fingerprint density at radius 1 is 1.33 bits per heavy atom. The minimum atomic E-state index is 0.582. The molecule has 0 fully saturated rings. The van der Waals surface area contributed by atoms with Gasteiger partial charge in [-0.25, -0.2) is 0 Å². The van der Waals surface area contributed by atoms with Crippen molar-refractivity contribution in [2.45, 2.75) is 26.7 Å². The van der Waals surface area contributed by atoms with E-state index in [2.05, 4.69) is 45.5 Å². The summed E-state index contributed by atoms with van der Waals surface area (Å²) in [5, 5.41) is 0. The first-order valence-corrected chi connectivity index (χ1v) is 4.38. The predicted octanol–water partition coefficient (Wildman–Crippen LogP) is 3.76. The van der Waals surface area contributed by atoms with Crippen LogP contribution in [0.1, 0.15) is 36.5 Å². The van der Waals surface area contributed by atoms with E-state index in [9.17, 15) is 0 Å². The molecule has 1 aromatic carbocycles. The molecular weight excluding hydrogens is 144 g/mol. The van der Waals surface area contributed by atoms with E-state index in [-0.39, 0.29) is 0 Å². The zero-order valence-electron chi connectivity index (χ0n) is 8.09. The standard InChI is InChI=1S/C12H16/c1-5-11-8-10(4)6-7-12(11)9(2)3/h5-9H,1H2,2-4H3. The SMILES string of the molecule is C=Cc1cc(C)ccc1C(C)C. The van der Waals surface area contributed by atoms with E-state index in [1.807, 2.05) is 6.08 Å². The maximum atomic E-state index is 3.82. The molecule has 0 nitrogen and oxygen atoms in total. The predicted molar refractivity (Wildman–Crippen MR) is 55.4 cm³/mol. The van der Waals surface area contributed by atoms with Crippen LogP contribution in [-0.2, 0) is 0 Å². The first-order valence-electron chi connectivity index (χ1n) is 4.38. The van der Waals surface area contributed by atoms with Crippen LogP contribution in [0.25, 0.3) is 6.08 Å². The maximum Gasteiger partial charge on any atom is -0.0213 e. The summed E-state index contributed by atoms with van der Waals surface area (Å²) >= 11 is 0. The molecule has 0 saturated carbocycles. The maximum absolute atomic E-state index is 3.82. The summed E-state index contributed by atoms with van der Waals surface area (Å²) in [6.45, 7) is 10.3. The lowest BCUT2D eigenvalue weighted by molar-refractivity contribution is 0.863. The summed E-state index contributed by atoms with van der Waals surface area (Å²) in [5.74, 6) is 0.582. The van der Waals surface area contributed by atoms with Gasteiger partial charge in [-0.3, -0.25) is 0 Å². The lowest BCUT2D eigenvalue weighted by Gasteiger charge is -2.09. The quantitative estimate of drug-likeness (QED) is 0.618. The molecule has 0 radical (unpaired) electrons. The molecule has 0 aliphatic rings. The highest BCUT2D eigenvalue weighted by Crippen LogP contribution is 2.21. The Morgan fingerprint density at radius 2 is 2.00 bits per heavy atom. The molecule has 0 N–H and O–H groups in total. The Kier molecular flexibility index (Phi) is 2.69. The molecule has 0 aliphatic carbocycles.